The van der Waals surface area contributed by atoms with Crippen molar-refractivity contribution in [3.63, 3.8) is 0 Å². The lowest BCUT2D eigenvalue weighted by atomic mass is 10.3. The Bertz CT molecular complexity index is 598. The van der Waals surface area contributed by atoms with Gasteiger partial charge in [-0.15, -0.1) is 0 Å². The van der Waals surface area contributed by atoms with Gasteiger partial charge in [0.05, 0.1) is 4.47 Å². The summed E-state index contributed by atoms with van der Waals surface area (Å²) in [7, 11) is -4.14. The minimum Gasteiger partial charge on any atom is -0.474 e. The van der Waals surface area contributed by atoms with Gasteiger partial charge in [-0.3, -0.25) is 0 Å². The number of benzene rings is 1. The van der Waals surface area contributed by atoms with Crippen molar-refractivity contribution in [2.24, 2.45) is 5.14 Å². The Balaban J connectivity index is 3.21. The van der Waals surface area contributed by atoms with Crippen LogP contribution in [0, 0.1) is 17.1 Å². The molecular formula is C10H10BrFN2O3S. The minimum absolute atomic E-state index is 0.0494. The van der Waals surface area contributed by atoms with Crippen LogP contribution in [-0.2, 0) is 10.0 Å². The Kier molecular flexibility index (Phi) is 4.67. The summed E-state index contributed by atoms with van der Waals surface area (Å²) in [6, 6.07) is 3.77. The molecule has 5 nitrogen and oxygen atoms in total. The molecule has 98 valence electrons. The molecule has 0 radical (unpaired) electrons. The predicted molar refractivity (Wildman–Crippen MR) is 65.8 cm³/mol. The largest absolute Gasteiger partial charge is 0.474 e. The summed E-state index contributed by atoms with van der Waals surface area (Å²) in [6.07, 6.45) is -0.317. The number of halogens is 2. The average Bonchev–Trinajstić information content (AvgIpc) is 2.28. The highest BCUT2D eigenvalue weighted by atomic mass is 79.9. The van der Waals surface area contributed by atoms with Gasteiger partial charge in [0.1, 0.15) is 22.5 Å². The van der Waals surface area contributed by atoms with Crippen LogP contribution in [0.15, 0.2) is 21.5 Å². The topological polar surface area (TPSA) is 93.2 Å². The van der Waals surface area contributed by atoms with Crippen LogP contribution in [0.2, 0.25) is 0 Å². The second kappa shape index (κ2) is 5.65. The average molecular weight is 337 g/mol. The Morgan fingerprint density at radius 3 is 2.67 bits per heavy atom. The van der Waals surface area contributed by atoms with Gasteiger partial charge in [0.15, 0.2) is 6.10 Å². The molecule has 0 aliphatic heterocycles. The lowest BCUT2D eigenvalue weighted by Crippen LogP contribution is -2.16. The number of sulfonamides is 1. The predicted octanol–water partition coefficient (Wildman–Crippen LogP) is 1.92. The molecule has 0 aliphatic carbocycles. The summed E-state index contributed by atoms with van der Waals surface area (Å²) >= 11 is 3.04. The smallest absolute Gasteiger partial charge is 0.241 e. The molecule has 0 aromatic heterocycles. The zero-order valence-electron chi connectivity index (χ0n) is 9.35. The molecule has 0 amide bonds. The maximum atomic E-state index is 13.5. The van der Waals surface area contributed by atoms with Gasteiger partial charge in [0.25, 0.3) is 0 Å². The fraction of sp³-hybridized carbons (Fsp3) is 0.300. The van der Waals surface area contributed by atoms with Gasteiger partial charge in [-0.1, -0.05) is 6.92 Å². The number of rotatable bonds is 4. The molecule has 0 bridgehead atoms. The van der Waals surface area contributed by atoms with Crippen LogP contribution in [0.25, 0.3) is 0 Å². The number of nitriles is 1. The fourth-order valence-corrected chi connectivity index (χ4v) is 2.37. The molecule has 18 heavy (non-hydrogen) atoms. The summed E-state index contributed by atoms with van der Waals surface area (Å²) < 4.78 is 41.1. The Hall–Kier alpha value is -1.17. The van der Waals surface area contributed by atoms with Crippen LogP contribution >= 0.6 is 15.9 Å². The van der Waals surface area contributed by atoms with Gasteiger partial charge >= 0.3 is 0 Å². The summed E-state index contributed by atoms with van der Waals surface area (Å²) in [5.74, 6) is -0.975. The monoisotopic (exact) mass is 336 g/mol. The molecule has 0 aliphatic rings. The van der Waals surface area contributed by atoms with Crippen molar-refractivity contribution >= 4 is 26.0 Å². The maximum Gasteiger partial charge on any atom is 0.241 e. The quantitative estimate of drug-likeness (QED) is 0.908. The van der Waals surface area contributed by atoms with Gasteiger partial charge in [-0.2, -0.15) is 5.26 Å². The van der Waals surface area contributed by atoms with Gasteiger partial charge in [-0.25, -0.2) is 17.9 Å². The van der Waals surface area contributed by atoms with Crippen molar-refractivity contribution in [2.75, 3.05) is 0 Å². The standard InChI is InChI=1S/C10H10BrFN2O3S/c1-2-6(5-13)17-9-4-8(12)10(3-7(9)11)18(14,15)16/h3-4,6H,2H2,1H3,(H2,14,15,16). The van der Waals surface area contributed by atoms with Crippen LogP contribution < -0.4 is 9.88 Å². The molecule has 8 heteroatoms. The van der Waals surface area contributed by atoms with E-state index in [4.69, 9.17) is 15.1 Å². The van der Waals surface area contributed by atoms with Crippen LogP contribution in [0.1, 0.15) is 13.3 Å². The lowest BCUT2D eigenvalue weighted by molar-refractivity contribution is 0.249. The first-order chi connectivity index (χ1) is 8.29. The van der Waals surface area contributed by atoms with Crippen molar-refractivity contribution < 1.29 is 17.5 Å². The third kappa shape index (κ3) is 3.41. The first-order valence-electron chi connectivity index (χ1n) is 4.87. The molecule has 1 aromatic rings. The third-order valence-corrected chi connectivity index (χ3v) is 3.62. The van der Waals surface area contributed by atoms with E-state index in [1.165, 1.54) is 0 Å². The molecule has 1 atom stereocenters. The second-order valence-corrected chi connectivity index (χ2v) is 5.79. The number of hydrogen-bond acceptors (Lipinski definition) is 4. The van der Waals surface area contributed by atoms with Crippen LogP contribution in [0.5, 0.6) is 5.75 Å². The van der Waals surface area contributed by atoms with Gasteiger partial charge in [0, 0.05) is 6.07 Å². The van der Waals surface area contributed by atoms with Gasteiger partial charge < -0.3 is 4.74 Å². The molecule has 0 heterocycles. The molecule has 0 spiro atoms. The molecule has 1 unspecified atom stereocenters. The Labute approximate surface area is 113 Å². The van der Waals surface area contributed by atoms with Crippen molar-refractivity contribution in [3.05, 3.63) is 22.4 Å². The summed E-state index contributed by atoms with van der Waals surface area (Å²) in [6.45, 7) is 1.73. The first kappa shape index (κ1) is 14.9. The van der Waals surface area contributed by atoms with E-state index in [9.17, 15) is 12.8 Å². The lowest BCUT2D eigenvalue weighted by Gasteiger charge is -2.13. The third-order valence-electron chi connectivity index (χ3n) is 2.08. The zero-order valence-corrected chi connectivity index (χ0v) is 11.8. The molecule has 1 aromatic carbocycles. The van der Waals surface area contributed by atoms with E-state index in [1.807, 2.05) is 6.07 Å². The number of primary sulfonamides is 1. The van der Waals surface area contributed by atoms with Crippen molar-refractivity contribution in [1.29, 1.82) is 5.26 Å². The Morgan fingerprint density at radius 2 is 2.22 bits per heavy atom. The van der Waals surface area contributed by atoms with Crippen molar-refractivity contribution in [3.8, 4) is 11.8 Å². The molecule has 2 N–H and O–H groups in total. The van der Waals surface area contributed by atoms with Crippen molar-refractivity contribution in [1.82, 2.24) is 0 Å². The number of hydrogen-bond donors (Lipinski definition) is 1. The molecule has 0 saturated heterocycles. The number of nitrogens with two attached hydrogens (primary N) is 1. The summed E-state index contributed by atoms with van der Waals surface area (Å²) in [5.41, 5.74) is 0. The zero-order chi connectivity index (χ0) is 13.9. The van der Waals surface area contributed by atoms with Crippen LogP contribution in [0.4, 0.5) is 4.39 Å². The van der Waals surface area contributed by atoms with Gasteiger partial charge in [-0.05, 0) is 28.4 Å². The van der Waals surface area contributed by atoms with Gasteiger partial charge in [0.2, 0.25) is 10.0 Å². The fourth-order valence-electron chi connectivity index (χ4n) is 1.17. The minimum atomic E-state index is -4.14. The van der Waals surface area contributed by atoms with E-state index in [-0.39, 0.29) is 10.2 Å². The van der Waals surface area contributed by atoms with Crippen LogP contribution in [-0.4, -0.2) is 14.5 Å². The Morgan fingerprint density at radius 1 is 1.61 bits per heavy atom. The van der Waals surface area contributed by atoms with E-state index >= 15 is 0 Å². The summed E-state index contributed by atoms with van der Waals surface area (Å²) in [5, 5.41) is 13.6. The maximum absolute atomic E-state index is 13.5. The SMILES string of the molecule is CCC(C#N)Oc1cc(F)c(S(N)(=O)=O)cc1Br. The second-order valence-electron chi connectivity index (χ2n) is 3.40. The molecular weight excluding hydrogens is 327 g/mol. The van der Waals surface area contributed by atoms with E-state index in [0.717, 1.165) is 12.1 Å². The highest BCUT2D eigenvalue weighted by molar-refractivity contribution is 9.10. The van der Waals surface area contributed by atoms with E-state index in [0.29, 0.717) is 6.42 Å². The highest BCUT2D eigenvalue weighted by Gasteiger charge is 2.19. The molecule has 0 saturated carbocycles. The number of ether oxygens (including phenoxy) is 1. The molecule has 0 fully saturated rings. The molecule has 1 rings (SSSR count). The summed E-state index contributed by atoms with van der Waals surface area (Å²) in [4.78, 5) is -0.633. The van der Waals surface area contributed by atoms with E-state index in [1.54, 1.807) is 6.92 Å². The normalized spacial score (nSPS) is 12.8. The van der Waals surface area contributed by atoms with E-state index < -0.39 is 26.8 Å². The highest BCUT2D eigenvalue weighted by Crippen LogP contribution is 2.30. The van der Waals surface area contributed by atoms with Crippen molar-refractivity contribution in [2.45, 2.75) is 24.3 Å². The number of nitrogens with zero attached hydrogens (tertiary/aromatic N) is 1. The van der Waals surface area contributed by atoms with E-state index in [2.05, 4.69) is 15.9 Å². The van der Waals surface area contributed by atoms with Crippen LogP contribution in [0.3, 0.4) is 0 Å². The first-order valence-corrected chi connectivity index (χ1v) is 7.21.